The SMILES string of the molecule is CCN(CCC(=O)O)C(=O)NCCSC. The molecule has 0 rings (SSSR count). The topological polar surface area (TPSA) is 69.6 Å². The fourth-order valence-corrected chi connectivity index (χ4v) is 1.31. The van der Waals surface area contributed by atoms with Gasteiger partial charge in [0.25, 0.3) is 0 Å². The number of amides is 2. The van der Waals surface area contributed by atoms with Gasteiger partial charge in [0.1, 0.15) is 0 Å². The van der Waals surface area contributed by atoms with E-state index in [0.717, 1.165) is 5.75 Å². The van der Waals surface area contributed by atoms with Crippen molar-refractivity contribution in [3.05, 3.63) is 0 Å². The lowest BCUT2D eigenvalue weighted by Crippen LogP contribution is -2.41. The molecule has 0 aliphatic rings. The summed E-state index contributed by atoms with van der Waals surface area (Å²) in [5, 5.41) is 11.2. The van der Waals surface area contributed by atoms with Crippen LogP contribution in [0.5, 0.6) is 0 Å². The van der Waals surface area contributed by atoms with Crippen molar-refractivity contribution in [1.29, 1.82) is 0 Å². The molecule has 88 valence electrons. The van der Waals surface area contributed by atoms with Crippen molar-refractivity contribution < 1.29 is 14.7 Å². The van der Waals surface area contributed by atoms with E-state index >= 15 is 0 Å². The molecule has 0 saturated heterocycles. The minimum absolute atomic E-state index is 0.0101. The van der Waals surface area contributed by atoms with E-state index in [0.29, 0.717) is 13.1 Å². The quantitative estimate of drug-likeness (QED) is 0.641. The average Bonchev–Trinajstić information content (AvgIpc) is 2.18. The van der Waals surface area contributed by atoms with Crippen LogP contribution in [0, 0.1) is 0 Å². The number of nitrogens with one attached hydrogen (secondary N) is 1. The molecular weight excluding hydrogens is 216 g/mol. The maximum absolute atomic E-state index is 11.5. The molecule has 15 heavy (non-hydrogen) atoms. The summed E-state index contributed by atoms with van der Waals surface area (Å²) >= 11 is 1.65. The molecule has 0 aliphatic heterocycles. The van der Waals surface area contributed by atoms with Crippen molar-refractivity contribution in [2.75, 3.05) is 31.6 Å². The molecule has 0 unspecified atom stereocenters. The Kier molecular flexibility index (Phi) is 7.89. The first kappa shape index (κ1) is 14.1. The largest absolute Gasteiger partial charge is 0.481 e. The number of carboxylic acids is 1. The molecule has 0 aliphatic carbocycles. The zero-order chi connectivity index (χ0) is 11.7. The predicted octanol–water partition coefficient (Wildman–Crippen LogP) is 0.856. The predicted molar refractivity (Wildman–Crippen MR) is 61.3 cm³/mol. The standard InChI is InChI=1S/C9H18N2O3S/c1-3-11(6-4-8(12)13)9(14)10-5-7-15-2/h3-7H2,1-2H3,(H,10,14)(H,12,13). The number of hydrogen-bond acceptors (Lipinski definition) is 3. The summed E-state index contributed by atoms with van der Waals surface area (Å²) in [5.41, 5.74) is 0. The molecular formula is C9H18N2O3S. The molecule has 5 nitrogen and oxygen atoms in total. The first-order valence-corrected chi connectivity index (χ1v) is 6.24. The molecule has 0 aromatic rings. The van der Waals surface area contributed by atoms with Crippen molar-refractivity contribution in [3.8, 4) is 0 Å². The molecule has 0 bridgehead atoms. The van der Waals surface area contributed by atoms with E-state index in [1.54, 1.807) is 11.8 Å². The maximum atomic E-state index is 11.5. The van der Waals surface area contributed by atoms with Gasteiger partial charge in [0.2, 0.25) is 0 Å². The van der Waals surface area contributed by atoms with E-state index in [1.165, 1.54) is 4.90 Å². The first-order valence-electron chi connectivity index (χ1n) is 4.85. The number of carbonyl (C=O) groups is 2. The average molecular weight is 234 g/mol. The molecule has 0 atom stereocenters. The van der Waals surface area contributed by atoms with E-state index in [9.17, 15) is 9.59 Å². The zero-order valence-electron chi connectivity index (χ0n) is 9.15. The lowest BCUT2D eigenvalue weighted by atomic mass is 10.4. The fourth-order valence-electron chi connectivity index (χ4n) is 1.01. The monoisotopic (exact) mass is 234 g/mol. The number of urea groups is 1. The van der Waals surface area contributed by atoms with Crippen molar-refractivity contribution in [2.45, 2.75) is 13.3 Å². The fraction of sp³-hybridized carbons (Fsp3) is 0.778. The van der Waals surface area contributed by atoms with Crippen molar-refractivity contribution in [1.82, 2.24) is 10.2 Å². The third-order valence-electron chi connectivity index (χ3n) is 1.85. The summed E-state index contributed by atoms with van der Waals surface area (Å²) < 4.78 is 0. The molecule has 0 aromatic heterocycles. The van der Waals surface area contributed by atoms with Gasteiger partial charge in [0, 0.05) is 25.4 Å². The zero-order valence-corrected chi connectivity index (χ0v) is 9.97. The van der Waals surface area contributed by atoms with E-state index in [4.69, 9.17) is 5.11 Å². The number of carbonyl (C=O) groups excluding carboxylic acids is 1. The Morgan fingerprint density at radius 2 is 2.13 bits per heavy atom. The van der Waals surface area contributed by atoms with Gasteiger partial charge in [-0.1, -0.05) is 0 Å². The highest BCUT2D eigenvalue weighted by atomic mass is 32.2. The number of aliphatic carboxylic acids is 1. The Labute approximate surface area is 94.2 Å². The van der Waals surface area contributed by atoms with Crippen LogP contribution in [-0.4, -0.2) is 53.6 Å². The number of carboxylic acid groups (broad SMARTS) is 1. The molecule has 0 aromatic carbocycles. The van der Waals surface area contributed by atoms with Crippen LogP contribution >= 0.6 is 11.8 Å². The van der Waals surface area contributed by atoms with Gasteiger partial charge in [0.05, 0.1) is 6.42 Å². The summed E-state index contributed by atoms with van der Waals surface area (Å²) in [6.45, 7) is 3.23. The second kappa shape index (κ2) is 8.40. The Balaban J connectivity index is 3.82. The lowest BCUT2D eigenvalue weighted by molar-refractivity contribution is -0.137. The first-order chi connectivity index (χ1) is 7.11. The second-order valence-corrected chi connectivity index (χ2v) is 3.93. The number of thioether (sulfide) groups is 1. The van der Waals surface area contributed by atoms with Crippen molar-refractivity contribution >= 4 is 23.8 Å². The Hall–Kier alpha value is -0.910. The normalized spacial score (nSPS) is 9.73. The van der Waals surface area contributed by atoms with Crippen LogP contribution < -0.4 is 5.32 Å². The van der Waals surface area contributed by atoms with Crippen LogP contribution in [0.25, 0.3) is 0 Å². The minimum Gasteiger partial charge on any atom is -0.481 e. The van der Waals surface area contributed by atoms with Gasteiger partial charge in [-0.15, -0.1) is 0 Å². The second-order valence-electron chi connectivity index (χ2n) is 2.95. The number of hydrogen-bond donors (Lipinski definition) is 2. The van der Waals surface area contributed by atoms with Crippen LogP contribution in [0.15, 0.2) is 0 Å². The highest BCUT2D eigenvalue weighted by Crippen LogP contribution is 1.94. The Morgan fingerprint density at radius 3 is 2.60 bits per heavy atom. The highest BCUT2D eigenvalue weighted by Gasteiger charge is 2.11. The van der Waals surface area contributed by atoms with Crippen LogP contribution in [0.2, 0.25) is 0 Å². The molecule has 0 spiro atoms. The lowest BCUT2D eigenvalue weighted by Gasteiger charge is -2.20. The molecule has 0 saturated carbocycles. The highest BCUT2D eigenvalue weighted by molar-refractivity contribution is 7.98. The van der Waals surface area contributed by atoms with Gasteiger partial charge in [-0.05, 0) is 13.2 Å². The summed E-state index contributed by atoms with van der Waals surface area (Å²) in [5.74, 6) is -0.0206. The van der Waals surface area contributed by atoms with E-state index in [-0.39, 0.29) is 19.0 Å². The van der Waals surface area contributed by atoms with Gasteiger partial charge in [-0.2, -0.15) is 11.8 Å². The Bertz CT molecular complexity index is 212. The molecule has 0 radical (unpaired) electrons. The third kappa shape index (κ3) is 7.07. The van der Waals surface area contributed by atoms with E-state index in [1.807, 2.05) is 13.2 Å². The summed E-state index contributed by atoms with van der Waals surface area (Å²) in [4.78, 5) is 23.3. The van der Waals surface area contributed by atoms with Crippen molar-refractivity contribution in [2.24, 2.45) is 0 Å². The van der Waals surface area contributed by atoms with Crippen LogP contribution in [0.3, 0.4) is 0 Å². The van der Waals surface area contributed by atoms with Crippen molar-refractivity contribution in [3.63, 3.8) is 0 Å². The van der Waals surface area contributed by atoms with Crippen LogP contribution in [-0.2, 0) is 4.79 Å². The molecule has 6 heteroatoms. The molecule has 2 N–H and O–H groups in total. The minimum atomic E-state index is -0.884. The van der Waals surface area contributed by atoms with Gasteiger partial charge in [-0.25, -0.2) is 4.79 Å². The summed E-state index contributed by atoms with van der Waals surface area (Å²) in [7, 11) is 0. The number of nitrogens with zero attached hydrogens (tertiary/aromatic N) is 1. The van der Waals surface area contributed by atoms with Crippen LogP contribution in [0.4, 0.5) is 4.79 Å². The molecule has 0 fully saturated rings. The van der Waals surface area contributed by atoms with Gasteiger partial charge >= 0.3 is 12.0 Å². The maximum Gasteiger partial charge on any atom is 0.317 e. The third-order valence-corrected chi connectivity index (χ3v) is 2.46. The van der Waals surface area contributed by atoms with E-state index < -0.39 is 5.97 Å². The summed E-state index contributed by atoms with van der Waals surface area (Å²) in [6, 6.07) is -0.187. The smallest absolute Gasteiger partial charge is 0.317 e. The summed E-state index contributed by atoms with van der Waals surface area (Å²) in [6.07, 6.45) is 1.96. The van der Waals surface area contributed by atoms with Gasteiger partial charge < -0.3 is 15.3 Å². The molecule has 0 heterocycles. The van der Waals surface area contributed by atoms with E-state index in [2.05, 4.69) is 5.32 Å². The number of rotatable bonds is 7. The van der Waals surface area contributed by atoms with Gasteiger partial charge in [-0.3, -0.25) is 4.79 Å². The van der Waals surface area contributed by atoms with Crippen LogP contribution in [0.1, 0.15) is 13.3 Å². The Morgan fingerprint density at radius 1 is 1.47 bits per heavy atom. The van der Waals surface area contributed by atoms with Gasteiger partial charge in [0.15, 0.2) is 0 Å². The molecule has 2 amide bonds.